The van der Waals surface area contributed by atoms with Crippen LogP contribution in [0.25, 0.3) is 0 Å². The molecule has 1 unspecified atom stereocenters. The van der Waals surface area contributed by atoms with E-state index < -0.39 is 0 Å². The second kappa shape index (κ2) is 12.6. The van der Waals surface area contributed by atoms with Gasteiger partial charge >= 0.3 is 0 Å². The quantitative estimate of drug-likeness (QED) is 0.329. The smallest absolute Gasteiger partial charge is 0.191 e. The molecule has 0 aromatic heterocycles. The lowest BCUT2D eigenvalue weighted by Crippen LogP contribution is -2.43. The van der Waals surface area contributed by atoms with Gasteiger partial charge in [0, 0.05) is 45.3 Å². The zero-order chi connectivity index (χ0) is 20.6. The van der Waals surface area contributed by atoms with Crippen LogP contribution in [0, 0.1) is 12.8 Å². The van der Waals surface area contributed by atoms with Crippen molar-refractivity contribution in [2.24, 2.45) is 10.9 Å². The Morgan fingerprint density at radius 1 is 1.24 bits per heavy atom. The molecule has 2 rings (SSSR count). The molecule has 7 heteroatoms. The Labute approximate surface area is 193 Å². The first kappa shape index (κ1) is 26.0. The number of aliphatic imine (C=N–C) groups is 1. The van der Waals surface area contributed by atoms with E-state index >= 15 is 0 Å². The number of rotatable bonds is 7. The van der Waals surface area contributed by atoms with Gasteiger partial charge in [0.15, 0.2) is 5.96 Å². The first-order chi connectivity index (χ1) is 13.3. The minimum atomic E-state index is -0.225. The van der Waals surface area contributed by atoms with E-state index in [4.69, 9.17) is 9.47 Å². The third kappa shape index (κ3) is 10.00. The summed E-state index contributed by atoms with van der Waals surface area (Å²) in [5.74, 6) is 2.28. The van der Waals surface area contributed by atoms with Crippen LogP contribution in [-0.4, -0.2) is 62.9 Å². The van der Waals surface area contributed by atoms with E-state index in [0.717, 1.165) is 56.7 Å². The fourth-order valence-electron chi connectivity index (χ4n) is 3.19. The van der Waals surface area contributed by atoms with E-state index in [-0.39, 0.29) is 29.6 Å². The van der Waals surface area contributed by atoms with E-state index in [1.807, 2.05) is 7.05 Å². The van der Waals surface area contributed by atoms with Crippen LogP contribution in [0.2, 0.25) is 0 Å². The van der Waals surface area contributed by atoms with Crippen molar-refractivity contribution in [3.8, 4) is 5.75 Å². The second-order valence-corrected chi connectivity index (χ2v) is 8.65. The molecule has 0 spiro atoms. The van der Waals surface area contributed by atoms with Gasteiger partial charge in [-0.1, -0.05) is 19.1 Å². The van der Waals surface area contributed by atoms with Gasteiger partial charge in [0.05, 0.1) is 13.2 Å². The van der Waals surface area contributed by atoms with Gasteiger partial charge in [-0.3, -0.25) is 9.89 Å². The second-order valence-electron chi connectivity index (χ2n) is 8.65. The van der Waals surface area contributed by atoms with Crippen LogP contribution in [0.5, 0.6) is 5.75 Å². The summed E-state index contributed by atoms with van der Waals surface area (Å²) in [4.78, 5) is 6.83. The number of ether oxygens (including phenoxy) is 2. The molecule has 0 saturated carbocycles. The van der Waals surface area contributed by atoms with Gasteiger partial charge in [0.25, 0.3) is 0 Å². The Bertz CT molecular complexity index is 640. The van der Waals surface area contributed by atoms with Crippen molar-refractivity contribution < 1.29 is 9.47 Å². The molecule has 0 amide bonds. The van der Waals surface area contributed by atoms with E-state index in [2.05, 4.69) is 73.3 Å². The normalized spacial score (nSPS) is 16.7. The average molecular weight is 518 g/mol. The lowest BCUT2D eigenvalue weighted by Gasteiger charge is -2.29. The molecule has 0 bridgehead atoms. The van der Waals surface area contributed by atoms with Crippen molar-refractivity contribution in [2.75, 3.05) is 46.4 Å². The monoisotopic (exact) mass is 518 g/mol. The predicted molar refractivity (Wildman–Crippen MR) is 132 cm³/mol. The molecule has 2 N–H and O–H groups in total. The zero-order valence-corrected chi connectivity index (χ0v) is 21.2. The van der Waals surface area contributed by atoms with E-state index in [1.165, 1.54) is 5.56 Å². The Morgan fingerprint density at radius 3 is 2.55 bits per heavy atom. The summed E-state index contributed by atoms with van der Waals surface area (Å²) in [6.45, 7) is 17.0. The largest absolute Gasteiger partial charge is 0.488 e. The molecule has 1 atom stereocenters. The fraction of sp³-hybridized carbons (Fsp3) is 0.682. The summed E-state index contributed by atoms with van der Waals surface area (Å²) in [6, 6.07) is 6.34. The highest BCUT2D eigenvalue weighted by Gasteiger charge is 2.16. The van der Waals surface area contributed by atoms with Gasteiger partial charge in [-0.15, -0.1) is 24.0 Å². The molecule has 1 heterocycles. The molecule has 29 heavy (non-hydrogen) atoms. The molecule has 0 aliphatic carbocycles. The molecular weight excluding hydrogens is 479 g/mol. The summed E-state index contributed by atoms with van der Waals surface area (Å²) in [7, 11) is 1.81. The van der Waals surface area contributed by atoms with Gasteiger partial charge < -0.3 is 20.1 Å². The molecule has 0 radical (unpaired) electrons. The van der Waals surface area contributed by atoms with Gasteiger partial charge in [0.2, 0.25) is 0 Å². The van der Waals surface area contributed by atoms with Crippen molar-refractivity contribution in [1.29, 1.82) is 0 Å². The number of morpholine rings is 1. The average Bonchev–Trinajstić information content (AvgIpc) is 2.63. The number of hydrogen-bond acceptors (Lipinski definition) is 4. The van der Waals surface area contributed by atoms with E-state index in [0.29, 0.717) is 12.5 Å². The maximum Gasteiger partial charge on any atom is 0.191 e. The summed E-state index contributed by atoms with van der Waals surface area (Å²) in [5, 5.41) is 6.86. The van der Waals surface area contributed by atoms with Gasteiger partial charge in [-0.2, -0.15) is 0 Å². The van der Waals surface area contributed by atoms with Crippen LogP contribution < -0.4 is 15.4 Å². The predicted octanol–water partition coefficient (Wildman–Crippen LogP) is 3.42. The molecule has 1 saturated heterocycles. The highest BCUT2D eigenvalue weighted by molar-refractivity contribution is 14.0. The van der Waals surface area contributed by atoms with Crippen LogP contribution in [0.3, 0.4) is 0 Å². The number of aryl methyl sites for hydroxylation is 1. The first-order valence-corrected chi connectivity index (χ1v) is 10.3. The van der Waals surface area contributed by atoms with Crippen LogP contribution in [0.15, 0.2) is 23.2 Å². The number of halogens is 1. The number of nitrogens with zero attached hydrogens (tertiary/aromatic N) is 2. The van der Waals surface area contributed by atoms with Crippen molar-refractivity contribution >= 4 is 29.9 Å². The highest BCUT2D eigenvalue weighted by atomic mass is 127. The van der Waals surface area contributed by atoms with E-state index in [1.54, 1.807) is 0 Å². The van der Waals surface area contributed by atoms with Gasteiger partial charge in [-0.25, -0.2) is 0 Å². The molecule has 1 aliphatic heterocycles. The summed E-state index contributed by atoms with van der Waals surface area (Å²) in [6.07, 6.45) is 0. The third-order valence-electron chi connectivity index (χ3n) is 4.60. The lowest BCUT2D eigenvalue weighted by molar-refractivity contribution is 0.0320. The highest BCUT2D eigenvalue weighted by Crippen LogP contribution is 2.24. The molecule has 6 nitrogen and oxygen atoms in total. The summed E-state index contributed by atoms with van der Waals surface area (Å²) < 4.78 is 11.6. The van der Waals surface area contributed by atoms with Crippen LogP contribution >= 0.6 is 24.0 Å². The van der Waals surface area contributed by atoms with Gasteiger partial charge in [-0.05, 0) is 45.2 Å². The van der Waals surface area contributed by atoms with Crippen molar-refractivity contribution in [3.63, 3.8) is 0 Å². The number of guanidine groups is 1. The fourth-order valence-corrected chi connectivity index (χ4v) is 3.19. The van der Waals surface area contributed by atoms with Crippen molar-refractivity contribution in [3.05, 3.63) is 29.3 Å². The first-order valence-electron chi connectivity index (χ1n) is 10.3. The number of nitrogens with one attached hydrogen (secondary N) is 2. The van der Waals surface area contributed by atoms with Crippen LogP contribution in [0.1, 0.15) is 38.8 Å². The van der Waals surface area contributed by atoms with Crippen molar-refractivity contribution in [1.82, 2.24) is 15.5 Å². The topological polar surface area (TPSA) is 58.1 Å². The summed E-state index contributed by atoms with van der Waals surface area (Å²) in [5.41, 5.74) is 2.10. The Kier molecular flexibility index (Phi) is 11.3. The minimum Gasteiger partial charge on any atom is -0.488 e. The van der Waals surface area contributed by atoms with Gasteiger partial charge in [0.1, 0.15) is 11.4 Å². The Morgan fingerprint density at radius 2 is 1.93 bits per heavy atom. The standard InChI is InChI=1S/C22H38N4O2.HI/c1-17-7-8-19(20(13-17)28-22(3,4)5)15-25-21(23-6)24-14-18(2)16-26-9-11-27-12-10-26;/h7-8,13,18H,9-12,14-16H2,1-6H3,(H2,23,24,25);1H. The SMILES string of the molecule is CN=C(NCc1ccc(C)cc1OC(C)(C)C)NCC(C)CN1CCOCC1.I. The molecule has 1 aromatic rings. The molecule has 1 aromatic carbocycles. The molecule has 1 fully saturated rings. The summed E-state index contributed by atoms with van der Waals surface area (Å²) >= 11 is 0. The third-order valence-corrected chi connectivity index (χ3v) is 4.60. The maximum absolute atomic E-state index is 6.15. The van der Waals surface area contributed by atoms with Crippen LogP contribution in [-0.2, 0) is 11.3 Å². The lowest BCUT2D eigenvalue weighted by atomic mass is 10.1. The molecular formula is C22H39IN4O2. The Hall–Kier alpha value is -1.06. The maximum atomic E-state index is 6.15. The molecule has 166 valence electrons. The minimum absolute atomic E-state index is 0. The van der Waals surface area contributed by atoms with Crippen molar-refractivity contribution in [2.45, 2.75) is 46.8 Å². The van der Waals surface area contributed by atoms with Crippen LogP contribution in [0.4, 0.5) is 0 Å². The number of hydrogen-bond donors (Lipinski definition) is 2. The van der Waals surface area contributed by atoms with E-state index in [9.17, 15) is 0 Å². The zero-order valence-electron chi connectivity index (χ0n) is 18.9. The Balaban J connectivity index is 0.00000420. The number of benzene rings is 1. The molecule has 1 aliphatic rings.